The van der Waals surface area contributed by atoms with Crippen molar-refractivity contribution in [3.05, 3.63) is 63.9 Å². The van der Waals surface area contributed by atoms with E-state index in [2.05, 4.69) is 15.6 Å². The number of carbonyl (C=O) groups excluding carboxylic acids is 3. The molecule has 1 unspecified atom stereocenters. The van der Waals surface area contributed by atoms with Crippen LogP contribution in [-0.2, 0) is 20.8 Å². The Labute approximate surface area is 243 Å². The van der Waals surface area contributed by atoms with Crippen LogP contribution in [0.25, 0.3) is 0 Å². The second kappa shape index (κ2) is 13.5. The van der Waals surface area contributed by atoms with Gasteiger partial charge in [-0.05, 0) is 67.9 Å². The van der Waals surface area contributed by atoms with Crippen LogP contribution >= 0.6 is 23.2 Å². The molecule has 2 heterocycles. The maximum absolute atomic E-state index is 13.6. The number of likely N-dealkylation sites (tertiary alicyclic amines) is 1. The average molecular weight is 590 g/mol. The van der Waals surface area contributed by atoms with E-state index in [0.29, 0.717) is 24.2 Å². The Morgan fingerprint density at radius 1 is 0.950 bits per heavy atom. The molecule has 2 fully saturated rings. The molecule has 1 saturated heterocycles. The van der Waals surface area contributed by atoms with Crippen LogP contribution in [0.5, 0.6) is 0 Å². The Kier molecular flexibility index (Phi) is 10.0. The number of carboxylic acids is 1. The second-order valence-corrected chi connectivity index (χ2v) is 11.6. The Morgan fingerprint density at radius 2 is 1.62 bits per heavy atom. The molecule has 9 nitrogen and oxygen atoms in total. The van der Waals surface area contributed by atoms with E-state index in [0.717, 1.165) is 12.8 Å². The van der Waals surface area contributed by atoms with Crippen molar-refractivity contribution in [3.63, 3.8) is 0 Å². The molecule has 214 valence electrons. The zero-order chi connectivity index (χ0) is 28.7. The Hall–Kier alpha value is -3.17. The van der Waals surface area contributed by atoms with Crippen molar-refractivity contribution in [2.75, 3.05) is 13.1 Å². The predicted octanol–water partition coefficient (Wildman–Crippen LogP) is 4.26. The Morgan fingerprint density at radius 3 is 2.23 bits per heavy atom. The van der Waals surface area contributed by atoms with Crippen molar-refractivity contribution in [1.82, 2.24) is 20.5 Å². The van der Waals surface area contributed by atoms with Gasteiger partial charge in [-0.3, -0.25) is 19.4 Å². The lowest BCUT2D eigenvalue weighted by Crippen LogP contribution is -2.52. The number of benzene rings is 1. The highest BCUT2D eigenvalue weighted by atomic mass is 35.5. The summed E-state index contributed by atoms with van der Waals surface area (Å²) in [7, 11) is 0. The summed E-state index contributed by atoms with van der Waals surface area (Å²) in [5.74, 6) is -2.52. The van der Waals surface area contributed by atoms with Gasteiger partial charge in [-0.25, -0.2) is 4.79 Å². The molecule has 2 aromatic rings. The van der Waals surface area contributed by atoms with Gasteiger partial charge in [0.2, 0.25) is 11.8 Å². The number of carbonyl (C=O) groups is 4. The Balaban J connectivity index is 1.42. The minimum absolute atomic E-state index is 0.00226. The number of halogens is 2. The number of rotatable bonds is 10. The molecule has 0 radical (unpaired) electrons. The van der Waals surface area contributed by atoms with Gasteiger partial charge >= 0.3 is 5.97 Å². The van der Waals surface area contributed by atoms with Crippen LogP contribution < -0.4 is 10.6 Å². The van der Waals surface area contributed by atoms with Crippen molar-refractivity contribution >= 4 is 46.9 Å². The van der Waals surface area contributed by atoms with E-state index >= 15 is 0 Å². The third-order valence-corrected chi connectivity index (χ3v) is 8.40. The first kappa shape index (κ1) is 29.8. The SMILES string of the molecule is O=C(CCC(NC(=O)c1cc(Cl)cc(Cl)c1)C(=O)N1CCC2(CCCC2)CC1)N[C@H](Cc1ccccn1)C(=O)O. The van der Waals surface area contributed by atoms with E-state index in [-0.39, 0.29) is 40.8 Å². The second-order valence-electron chi connectivity index (χ2n) is 10.7. The van der Waals surface area contributed by atoms with E-state index in [4.69, 9.17) is 23.2 Å². The standard InChI is InChI=1S/C29H34Cl2N4O5/c30-20-15-19(16-21(31)17-20)26(37)34-23(27(38)35-13-10-29(11-14-35)8-2-3-9-29)6-7-25(36)33-24(28(39)40)18-22-5-1-4-12-32-22/h1,4-5,12,15-17,23-24H,2-3,6-11,13-14,18H2,(H,33,36)(H,34,37)(H,39,40)/t23?,24-/m1/s1. The first-order valence-corrected chi connectivity index (χ1v) is 14.4. The molecule has 1 aliphatic carbocycles. The molecule has 2 aliphatic rings. The van der Waals surface area contributed by atoms with Crippen LogP contribution in [0.4, 0.5) is 0 Å². The summed E-state index contributed by atoms with van der Waals surface area (Å²) in [4.78, 5) is 57.2. The molecular weight excluding hydrogens is 555 g/mol. The molecule has 11 heteroatoms. The molecule has 1 spiro atoms. The summed E-state index contributed by atoms with van der Waals surface area (Å²) in [6, 6.07) is 7.40. The summed E-state index contributed by atoms with van der Waals surface area (Å²) in [6.07, 6.45) is 8.10. The summed E-state index contributed by atoms with van der Waals surface area (Å²) in [6.45, 7) is 1.21. The highest BCUT2D eigenvalue weighted by molar-refractivity contribution is 6.35. The fourth-order valence-corrected chi connectivity index (χ4v) is 6.23. The fraction of sp³-hybridized carbons (Fsp3) is 0.483. The zero-order valence-corrected chi connectivity index (χ0v) is 23.7. The normalized spacial score (nSPS) is 17.7. The highest BCUT2D eigenvalue weighted by Gasteiger charge is 2.39. The van der Waals surface area contributed by atoms with E-state index in [1.165, 1.54) is 43.9 Å². The summed E-state index contributed by atoms with van der Waals surface area (Å²) in [5, 5.41) is 15.5. The number of aromatic nitrogens is 1. The van der Waals surface area contributed by atoms with Crippen molar-refractivity contribution in [2.45, 2.75) is 69.9 Å². The zero-order valence-electron chi connectivity index (χ0n) is 22.2. The van der Waals surface area contributed by atoms with Crippen molar-refractivity contribution in [2.24, 2.45) is 5.41 Å². The van der Waals surface area contributed by atoms with Gasteiger partial charge in [0, 0.05) is 53.4 Å². The lowest BCUT2D eigenvalue weighted by Gasteiger charge is -2.40. The summed E-state index contributed by atoms with van der Waals surface area (Å²) >= 11 is 12.1. The van der Waals surface area contributed by atoms with Crippen LogP contribution in [0.2, 0.25) is 10.0 Å². The van der Waals surface area contributed by atoms with E-state index < -0.39 is 29.9 Å². The summed E-state index contributed by atoms with van der Waals surface area (Å²) < 4.78 is 0. The molecule has 40 heavy (non-hydrogen) atoms. The van der Waals surface area contributed by atoms with Gasteiger partial charge in [-0.1, -0.05) is 42.1 Å². The lowest BCUT2D eigenvalue weighted by molar-refractivity contribution is -0.142. The lowest BCUT2D eigenvalue weighted by atomic mass is 9.77. The Bertz CT molecular complexity index is 1210. The first-order chi connectivity index (χ1) is 19.1. The molecule has 0 bridgehead atoms. The van der Waals surface area contributed by atoms with Crippen LogP contribution in [0.1, 0.15) is 67.4 Å². The molecule has 3 N–H and O–H groups in total. The van der Waals surface area contributed by atoms with Crippen molar-refractivity contribution in [1.29, 1.82) is 0 Å². The number of aliphatic carboxylic acids is 1. The van der Waals surface area contributed by atoms with E-state index in [1.54, 1.807) is 29.3 Å². The number of nitrogens with one attached hydrogen (secondary N) is 2. The topological polar surface area (TPSA) is 129 Å². The summed E-state index contributed by atoms with van der Waals surface area (Å²) in [5.41, 5.74) is 1.04. The van der Waals surface area contributed by atoms with Gasteiger partial charge in [0.05, 0.1) is 0 Å². The van der Waals surface area contributed by atoms with Gasteiger partial charge in [-0.2, -0.15) is 0 Å². The molecular formula is C29H34Cl2N4O5. The van der Waals surface area contributed by atoms with Gasteiger partial charge in [0.25, 0.3) is 5.91 Å². The maximum Gasteiger partial charge on any atom is 0.326 e. The van der Waals surface area contributed by atoms with Crippen LogP contribution in [0.3, 0.4) is 0 Å². The van der Waals surface area contributed by atoms with Gasteiger partial charge in [-0.15, -0.1) is 0 Å². The quantitative estimate of drug-likeness (QED) is 0.380. The number of pyridine rings is 1. The molecule has 1 aromatic heterocycles. The van der Waals surface area contributed by atoms with Gasteiger partial charge < -0.3 is 20.6 Å². The van der Waals surface area contributed by atoms with Gasteiger partial charge in [0.15, 0.2) is 0 Å². The van der Waals surface area contributed by atoms with Gasteiger partial charge in [0.1, 0.15) is 12.1 Å². The highest BCUT2D eigenvalue weighted by Crippen LogP contribution is 2.46. The van der Waals surface area contributed by atoms with Crippen molar-refractivity contribution in [3.8, 4) is 0 Å². The molecule has 1 saturated carbocycles. The predicted molar refractivity (Wildman–Crippen MR) is 151 cm³/mol. The fourth-order valence-electron chi connectivity index (χ4n) is 5.70. The number of amides is 3. The third-order valence-electron chi connectivity index (χ3n) is 7.96. The van der Waals surface area contributed by atoms with Crippen LogP contribution in [0, 0.1) is 5.41 Å². The van der Waals surface area contributed by atoms with E-state index in [1.807, 2.05) is 0 Å². The molecule has 4 rings (SSSR count). The molecule has 1 aliphatic heterocycles. The monoisotopic (exact) mass is 588 g/mol. The maximum atomic E-state index is 13.6. The average Bonchev–Trinajstić information content (AvgIpc) is 3.38. The minimum Gasteiger partial charge on any atom is -0.480 e. The van der Waals surface area contributed by atoms with Crippen LogP contribution in [0.15, 0.2) is 42.6 Å². The molecule has 2 atom stereocenters. The van der Waals surface area contributed by atoms with E-state index in [9.17, 15) is 24.3 Å². The molecule has 1 aromatic carbocycles. The number of hydrogen-bond acceptors (Lipinski definition) is 5. The smallest absolute Gasteiger partial charge is 0.326 e. The third kappa shape index (κ3) is 7.95. The number of hydrogen-bond donors (Lipinski definition) is 3. The van der Waals surface area contributed by atoms with Crippen molar-refractivity contribution < 1.29 is 24.3 Å². The number of nitrogens with zero attached hydrogens (tertiary/aromatic N) is 2. The largest absolute Gasteiger partial charge is 0.480 e. The number of piperidine rings is 1. The molecule has 3 amide bonds. The minimum atomic E-state index is -1.19. The first-order valence-electron chi connectivity index (χ1n) is 13.6. The van der Waals surface area contributed by atoms with Crippen LogP contribution in [-0.4, -0.2) is 63.9 Å². The number of carboxylic acid groups (broad SMARTS) is 1.